The van der Waals surface area contributed by atoms with Crippen molar-refractivity contribution < 1.29 is 4.79 Å². The van der Waals surface area contributed by atoms with Crippen LogP contribution in [0, 0.1) is 0 Å². The van der Waals surface area contributed by atoms with Gasteiger partial charge in [-0.05, 0) is 24.3 Å². The highest BCUT2D eigenvalue weighted by atomic mass is 32.1. The highest BCUT2D eigenvalue weighted by molar-refractivity contribution is 7.96. The highest BCUT2D eigenvalue weighted by Crippen LogP contribution is 2.24. The van der Waals surface area contributed by atoms with E-state index >= 15 is 0 Å². The number of hydrogen-bond donors (Lipinski definition) is 1. The predicted octanol–water partition coefficient (Wildman–Crippen LogP) is 3.42. The summed E-state index contributed by atoms with van der Waals surface area (Å²) < 4.78 is 0. The van der Waals surface area contributed by atoms with E-state index in [0.29, 0.717) is 12.3 Å². The van der Waals surface area contributed by atoms with Gasteiger partial charge in [-0.3, -0.25) is 4.79 Å². The molecule has 0 amide bonds. The number of carbonyl (C=O) groups excluding carboxylic acids is 1. The average molecular weight is 208 g/mol. The van der Waals surface area contributed by atoms with Crippen molar-refractivity contribution in [2.75, 3.05) is 0 Å². The zero-order valence-electron chi connectivity index (χ0n) is 8.44. The molecule has 2 heteroatoms. The Kier molecular flexibility index (Phi) is 4.74. The van der Waals surface area contributed by atoms with E-state index in [0.717, 1.165) is 12.8 Å². The lowest BCUT2D eigenvalue weighted by Crippen LogP contribution is -1.99. The first kappa shape index (κ1) is 11.3. The summed E-state index contributed by atoms with van der Waals surface area (Å²) in [5.41, 5.74) is 1.32. The van der Waals surface area contributed by atoms with Gasteiger partial charge in [0.15, 0.2) is 5.12 Å². The number of carbonyl (C=O) groups is 1. The summed E-state index contributed by atoms with van der Waals surface area (Å²) in [6, 6.07) is 10.3. The summed E-state index contributed by atoms with van der Waals surface area (Å²) in [5, 5.41) is -0.0145. The Morgan fingerprint density at radius 2 is 2.00 bits per heavy atom. The van der Waals surface area contributed by atoms with Crippen LogP contribution in [-0.2, 0) is 4.79 Å². The summed E-state index contributed by atoms with van der Waals surface area (Å²) >= 11 is 3.79. The molecule has 76 valence electrons. The Bertz CT molecular complexity index is 282. The lowest BCUT2D eigenvalue weighted by atomic mass is 9.92. The van der Waals surface area contributed by atoms with Crippen molar-refractivity contribution in [3.05, 3.63) is 35.9 Å². The van der Waals surface area contributed by atoms with E-state index < -0.39 is 0 Å². The Labute approximate surface area is 90.9 Å². The van der Waals surface area contributed by atoms with Gasteiger partial charge in [-0.15, -0.1) is 12.6 Å². The van der Waals surface area contributed by atoms with E-state index in [2.05, 4.69) is 31.7 Å². The SMILES string of the molecule is CCC(CCC(=O)S)c1ccccc1. The Balaban J connectivity index is 2.58. The van der Waals surface area contributed by atoms with Gasteiger partial charge in [-0.1, -0.05) is 37.3 Å². The fourth-order valence-electron chi connectivity index (χ4n) is 1.63. The number of rotatable bonds is 5. The number of benzene rings is 1. The monoisotopic (exact) mass is 208 g/mol. The van der Waals surface area contributed by atoms with Gasteiger partial charge >= 0.3 is 0 Å². The summed E-state index contributed by atoms with van der Waals surface area (Å²) in [4.78, 5) is 10.8. The third kappa shape index (κ3) is 3.54. The van der Waals surface area contributed by atoms with Crippen LogP contribution in [0.4, 0.5) is 0 Å². The van der Waals surface area contributed by atoms with Gasteiger partial charge in [0.1, 0.15) is 0 Å². The van der Waals surface area contributed by atoms with Crippen LogP contribution < -0.4 is 0 Å². The van der Waals surface area contributed by atoms with E-state index in [-0.39, 0.29) is 5.12 Å². The van der Waals surface area contributed by atoms with E-state index in [9.17, 15) is 4.79 Å². The topological polar surface area (TPSA) is 17.1 Å². The smallest absolute Gasteiger partial charge is 0.185 e. The molecule has 0 saturated carbocycles. The van der Waals surface area contributed by atoms with Crippen LogP contribution >= 0.6 is 12.6 Å². The second-order valence-electron chi connectivity index (χ2n) is 3.45. The Morgan fingerprint density at radius 1 is 1.36 bits per heavy atom. The molecule has 1 unspecified atom stereocenters. The minimum atomic E-state index is -0.0145. The minimum Gasteiger partial charge on any atom is -0.288 e. The van der Waals surface area contributed by atoms with Gasteiger partial charge in [0.2, 0.25) is 0 Å². The van der Waals surface area contributed by atoms with Crippen LogP contribution in [0.25, 0.3) is 0 Å². The normalized spacial score (nSPS) is 12.4. The molecule has 0 aromatic heterocycles. The average Bonchev–Trinajstić information content (AvgIpc) is 2.20. The first-order chi connectivity index (χ1) is 6.74. The molecule has 0 aliphatic heterocycles. The summed E-state index contributed by atoms with van der Waals surface area (Å²) in [6.07, 6.45) is 2.55. The molecule has 1 nitrogen and oxygen atoms in total. The first-order valence-corrected chi connectivity index (χ1v) is 5.45. The van der Waals surface area contributed by atoms with E-state index in [1.165, 1.54) is 5.56 Å². The lowest BCUT2D eigenvalue weighted by molar-refractivity contribution is -0.110. The van der Waals surface area contributed by atoms with Crippen molar-refractivity contribution in [1.82, 2.24) is 0 Å². The van der Waals surface area contributed by atoms with E-state index in [1.54, 1.807) is 0 Å². The van der Waals surface area contributed by atoms with E-state index in [4.69, 9.17) is 0 Å². The predicted molar refractivity (Wildman–Crippen MR) is 62.7 cm³/mol. The van der Waals surface area contributed by atoms with Crippen LogP contribution in [0.5, 0.6) is 0 Å². The number of thiol groups is 1. The fourth-order valence-corrected chi connectivity index (χ4v) is 1.76. The quantitative estimate of drug-likeness (QED) is 0.734. The van der Waals surface area contributed by atoms with Gasteiger partial charge in [-0.2, -0.15) is 0 Å². The van der Waals surface area contributed by atoms with Crippen molar-refractivity contribution in [2.24, 2.45) is 0 Å². The Hall–Kier alpha value is -0.760. The number of hydrogen-bond acceptors (Lipinski definition) is 1. The molecule has 0 aliphatic rings. The van der Waals surface area contributed by atoms with Gasteiger partial charge in [0, 0.05) is 6.42 Å². The molecule has 0 bridgehead atoms. The highest BCUT2D eigenvalue weighted by Gasteiger charge is 2.09. The third-order valence-corrected chi connectivity index (χ3v) is 2.69. The third-order valence-electron chi connectivity index (χ3n) is 2.47. The summed E-state index contributed by atoms with van der Waals surface area (Å²) in [6.45, 7) is 2.15. The molecule has 1 aromatic carbocycles. The standard InChI is InChI=1S/C12H16OS/c1-2-10(8-9-12(13)14)11-6-4-3-5-7-11/h3-7,10H,2,8-9H2,1H3,(H,13,14). The van der Waals surface area contributed by atoms with Crippen LogP contribution in [0.1, 0.15) is 37.7 Å². The van der Waals surface area contributed by atoms with Crippen molar-refractivity contribution in [2.45, 2.75) is 32.1 Å². The maximum Gasteiger partial charge on any atom is 0.185 e. The second kappa shape index (κ2) is 5.86. The summed E-state index contributed by atoms with van der Waals surface area (Å²) in [7, 11) is 0. The van der Waals surface area contributed by atoms with Crippen LogP contribution in [-0.4, -0.2) is 5.12 Å². The molecule has 0 radical (unpaired) electrons. The van der Waals surface area contributed by atoms with Crippen molar-refractivity contribution in [1.29, 1.82) is 0 Å². The zero-order valence-corrected chi connectivity index (χ0v) is 9.34. The zero-order chi connectivity index (χ0) is 10.4. The van der Waals surface area contributed by atoms with Crippen molar-refractivity contribution >= 4 is 17.7 Å². The van der Waals surface area contributed by atoms with Crippen molar-refractivity contribution in [3.63, 3.8) is 0 Å². The molecular formula is C12H16OS. The Morgan fingerprint density at radius 3 is 2.50 bits per heavy atom. The minimum absolute atomic E-state index is 0.0145. The largest absolute Gasteiger partial charge is 0.288 e. The van der Waals surface area contributed by atoms with Crippen molar-refractivity contribution in [3.8, 4) is 0 Å². The van der Waals surface area contributed by atoms with E-state index in [1.807, 2.05) is 18.2 Å². The summed E-state index contributed by atoms with van der Waals surface area (Å²) in [5.74, 6) is 0.493. The fraction of sp³-hybridized carbons (Fsp3) is 0.417. The van der Waals surface area contributed by atoms with Crippen LogP contribution in [0.15, 0.2) is 30.3 Å². The molecule has 0 N–H and O–H groups in total. The molecular weight excluding hydrogens is 192 g/mol. The van der Waals surface area contributed by atoms with Gasteiger partial charge in [0.05, 0.1) is 0 Å². The molecule has 0 saturated heterocycles. The van der Waals surface area contributed by atoms with Gasteiger partial charge in [0.25, 0.3) is 0 Å². The van der Waals surface area contributed by atoms with Gasteiger partial charge < -0.3 is 0 Å². The first-order valence-electron chi connectivity index (χ1n) is 5.00. The molecule has 0 spiro atoms. The molecule has 1 aromatic rings. The molecule has 0 heterocycles. The van der Waals surface area contributed by atoms with Gasteiger partial charge in [-0.25, -0.2) is 0 Å². The second-order valence-corrected chi connectivity index (χ2v) is 3.95. The maximum atomic E-state index is 10.8. The molecule has 1 atom stereocenters. The molecule has 0 fully saturated rings. The lowest BCUT2D eigenvalue weighted by Gasteiger charge is -2.13. The maximum absolute atomic E-state index is 10.8. The molecule has 14 heavy (non-hydrogen) atoms. The van der Waals surface area contributed by atoms with Crippen LogP contribution in [0.3, 0.4) is 0 Å². The molecule has 1 rings (SSSR count). The van der Waals surface area contributed by atoms with Crippen LogP contribution in [0.2, 0.25) is 0 Å². The molecule has 0 aliphatic carbocycles.